The van der Waals surface area contributed by atoms with Gasteiger partial charge in [0.2, 0.25) is 0 Å². The van der Waals surface area contributed by atoms with Crippen molar-refractivity contribution in [3.05, 3.63) is 29.6 Å². The van der Waals surface area contributed by atoms with Gasteiger partial charge in [-0.1, -0.05) is 12.1 Å². The van der Waals surface area contributed by atoms with Gasteiger partial charge in [0.05, 0.1) is 5.56 Å². The summed E-state index contributed by atoms with van der Waals surface area (Å²) in [6.45, 7) is -5.30. The average molecular weight is 207 g/mol. The topological polar surface area (TPSA) is 37.3 Å². The third kappa shape index (κ3) is 2.04. The van der Waals surface area contributed by atoms with Crippen LogP contribution in [0.2, 0.25) is 0 Å². The monoisotopic (exact) mass is 207 g/mol. The number of aromatic carboxylic acids is 1. The number of rotatable bonds is 2. The van der Waals surface area contributed by atoms with Gasteiger partial charge in [0.25, 0.3) is 0 Å². The first-order valence-electron chi connectivity index (χ1n) is 3.55. The molecule has 0 atom stereocenters. The molecule has 0 fully saturated rings. The van der Waals surface area contributed by atoms with Gasteiger partial charge in [0.15, 0.2) is 0 Å². The summed E-state index contributed by atoms with van der Waals surface area (Å²) in [5.74, 6) is -2.90. The molecule has 0 saturated heterocycles. The number of carboxylic acid groups (broad SMARTS) is 1. The highest BCUT2D eigenvalue weighted by molar-refractivity contribution is 6.73. The van der Waals surface area contributed by atoms with E-state index in [0.29, 0.717) is 12.1 Å². The maximum Gasteiger partial charge on any atom is 0.509 e. The number of halogens is 4. The van der Waals surface area contributed by atoms with E-state index >= 15 is 0 Å². The number of benzene rings is 1. The lowest BCUT2D eigenvalue weighted by molar-refractivity contribution is 0.0692. The van der Waals surface area contributed by atoms with E-state index < -0.39 is 29.8 Å². The zero-order valence-corrected chi connectivity index (χ0v) is 6.68. The second-order valence-electron chi connectivity index (χ2n) is 2.62. The summed E-state index contributed by atoms with van der Waals surface area (Å²) in [6.07, 6.45) is 0. The minimum absolute atomic E-state index is 0.289. The highest BCUT2D eigenvalue weighted by atomic mass is 19.4. The van der Waals surface area contributed by atoms with E-state index in [2.05, 4.69) is 0 Å². The van der Waals surface area contributed by atoms with Gasteiger partial charge in [-0.2, -0.15) is 0 Å². The summed E-state index contributed by atoms with van der Waals surface area (Å²) >= 11 is 0. The molecule has 0 aliphatic carbocycles. The second kappa shape index (κ2) is 3.32. The van der Waals surface area contributed by atoms with E-state index in [1.165, 1.54) is 0 Å². The Labute approximate surface area is 76.2 Å². The molecule has 0 amide bonds. The fraction of sp³-hybridized carbons (Fsp3) is 0. The molecule has 0 aromatic heterocycles. The quantitative estimate of drug-likeness (QED) is 0.590. The molecule has 1 rings (SSSR count). The van der Waals surface area contributed by atoms with Crippen LogP contribution in [0.4, 0.5) is 17.3 Å². The van der Waals surface area contributed by atoms with Gasteiger partial charge in [0, 0.05) is 0 Å². The van der Waals surface area contributed by atoms with E-state index in [-0.39, 0.29) is 6.07 Å². The number of hydrogen-bond acceptors (Lipinski definition) is 1. The molecule has 0 aliphatic rings. The van der Waals surface area contributed by atoms with Crippen molar-refractivity contribution >= 4 is 18.4 Å². The number of carboxylic acids is 1. The molecular formula is C7H4BF4O2-. The Kier molecular flexibility index (Phi) is 2.50. The van der Waals surface area contributed by atoms with E-state index in [1.807, 2.05) is 0 Å². The summed E-state index contributed by atoms with van der Waals surface area (Å²) in [4.78, 5) is 10.3. The van der Waals surface area contributed by atoms with Gasteiger partial charge in [-0.25, -0.2) is 9.18 Å². The van der Waals surface area contributed by atoms with Crippen LogP contribution in [-0.2, 0) is 0 Å². The van der Waals surface area contributed by atoms with Crippen LogP contribution in [0.5, 0.6) is 0 Å². The largest absolute Gasteiger partial charge is 0.509 e. The van der Waals surface area contributed by atoms with Crippen molar-refractivity contribution in [3.8, 4) is 0 Å². The van der Waals surface area contributed by atoms with Gasteiger partial charge in [0.1, 0.15) is 5.82 Å². The Morgan fingerprint density at radius 1 is 1.29 bits per heavy atom. The van der Waals surface area contributed by atoms with E-state index in [4.69, 9.17) is 5.11 Å². The molecule has 7 heteroatoms. The Bertz CT molecular complexity index is 374. The molecule has 2 nitrogen and oxygen atoms in total. The Balaban J connectivity index is 3.27. The Hall–Kier alpha value is -1.53. The van der Waals surface area contributed by atoms with Gasteiger partial charge in [-0.05, 0) is 6.07 Å². The SMILES string of the molecule is O=C(O)c1cc([B-](F)(F)F)ccc1F. The second-order valence-corrected chi connectivity index (χ2v) is 2.62. The van der Waals surface area contributed by atoms with Crippen molar-refractivity contribution in [1.29, 1.82) is 0 Å². The van der Waals surface area contributed by atoms with Gasteiger partial charge in [-0.3, -0.25) is 0 Å². The van der Waals surface area contributed by atoms with Crippen LogP contribution in [0.15, 0.2) is 18.2 Å². The summed E-state index contributed by atoms with van der Waals surface area (Å²) in [5, 5.41) is 8.36. The molecule has 0 aliphatic heterocycles. The van der Waals surface area contributed by atoms with Crippen LogP contribution in [0, 0.1) is 5.82 Å². The molecule has 76 valence electrons. The minimum Gasteiger partial charge on any atom is -0.478 e. The zero-order chi connectivity index (χ0) is 10.9. The molecule has 0 spiro atoms. The molecule has 1 aromatic carbocycles. The lowest BCUT2D eigenvalue weighted by atomic mass is 9.79. The van der Waals surface area contributed by atoms with Crippen LogP contribution in [0.3, 0.4) is 0 Å². The lowest BCUT2D eigenvalue weighted by Gasteiger charge is -2.15. The molecule has 0 heterocycles. The summed E-state index contributed by atoms with van der Waals surface area (Å²) < 4.78 is 49.0. The third-order valence-electron chi connectivity index (χ3n) is 1.60. The van der Waals surface area contributed by atoms with Crippen molar-refractivity contribution in [2.75, 3.05) is 0 Å². The first-order valence-corrected chi connectivity index (χ1v) is 3.55. The van der Waals surface area contributed by atoms with Crippen LogP contribution >= 0.6 is 0 Å². The smallest absolute Gasteiger partial charge is 0.478 e. The summed E-state index contributed by atoms with van der Waals surface area (Å²) in [7, 11) is 0. The number of carbonyl (C=O) groups is 1. The van der Waals surface area contributed by atoms with Gasteiger partial charge >= 0.3 is 12.9 Å². The molecule has 1 N–H and O–H groups in total. The minimum atomic E-state index is -5.30. The molecule has 0 saturated carbocycles. The summed E-state index contributed by atoms with van der Waals surface area (Å²) in [5.41, 5.74) is -2.09. The maximum absolute atomic E-state index is 12.7. The van der Waals surface area contributed by atoms with E-state index in [1.54, 1.807) is 0 Å². The first-order chi connectivity index (χ1) is 6.32. The van der Waals surface area contributed by atoms with E-state index in [9.17, 15) is 22.1 Å². The molecule has 0 bridgehead atoms. The molecular weight excluding hydrogens is 203 g/mol. The Morgan fingerprint density at radius 3 is 2.29 bits per heavy atom. The molecule has 0 radical (unpaired) electrons. The van der Waals surface area contributed by atoms with E-state index in [0.717, 1.165) is 0 Å². The standard InChI is InChI=1S/C7H4BF4O2/c9-6-2-1-4(8(10,11)12)3-5(6)7(13)14/h1-3H,(H,13,14)/q-1. The Morgan fingerprint density at radius 2 is 1.86 bits per heavy atom. The van der Waals surface area contributed by atoms with Crippen LogP contribution in [0.1, 0.15) is 10.4 Å². The maximum atomic E-state index is 12.7. The molecule has 14 heavy (non-hydrogen) atoms. The molecule has 0 unspecified atom stereocenters. The molecule has 1 aromatic rings. The fourth-order valence-electron chi connectivity index (χ4n) is 0.910. The van der Waals surface area contributed by atoms with Crippen LogP contribution < -0.4 is 5.46 Å². The van der Waals surface area contributed by atoms with Crippen LogP contribution in [-0.4, -0.2) is 18.1 Å². The fourth-order valence-corrected chi connectivity index (χ4v) is 0.910. The van der Waals surface area contributed by atoms with Crippen molar-refractivity contribution in [3.63, 3.8) is 0 Å². The van der Waals surface area contributed by atoms with Crippen molar-refractivity contribution in [1.82, 2.24) is 0 Å². The zero-order valence-electron chi connectivity index (χ0n) is 6.68. The normalized spacial score (nSPS) is 11.4. The van der Waals surface area contributed by atoms with Crippen molar-refractivity contribution in [2.24, 2.45) is 0 Å². The van der Waals surface area contributed by atoms with Crippen LogP contribution in [0.25, 0.3) is 0 Å². The highest BCUT2D eigenvalue weighted by Crippen LogP contribution is 2.12. The highest BCUT2D eigenvalue weighted by Gasteiger charge is 2.27. The third-order valence-corrected chi connectivity index (χ3v) is 1.60. The average Bonchev–Trinajstić information content (AvgIpc) is 2.02. The predicted molar refractivity (Wildman–Crippen MR) is 42.1 cm³/mol. The summed E-state index contributed by atoms with van der Waals surface area (Å²) in [6, 6.07) is 1.30. The van der Waals surface area contributed by atoms with Crippen molar-refractivity contribution < 1.29 is 27.2 Å². The number of hydrogen-bond donors (Lipinski definition) is 1. The predicted octanol–water partition coefficient (Wildman–Crippen LogP) is 1.58. The first kappa shape index (κ1) is 10.6. The van der Waals surface area contributed by atoms with Gasteiger partial charge < -0.3 is 18.1 Å². The van der Waals surface area contributed by atoms with Crippen molar-refractivity contribution in [2.45, 2.75) is 0 Å². The van der Waals surface area contributed by atoms with Gasteiger partial charge in [-0.15, -0.1) is 5.46 Å². The lowest BCUT2D eigenvalue weighted by Crippen LogP contribution is -2.34.